The van der Waals surface area contributed by atoms with Crippen molar-refractivity contribution in [3.63, 3.8) is 0 Å². The van der Waals surface area contributed by atoms with Gasteiger partial charge < -0.3 is 5.32 Å². The lowest BCUT2D eigenvalue weighted by Crippen LogP contribution is -2.37. The summed E-state index contributed by atoms with van der Waals surface area (Å²) in [6, 6.07) is 21.4. The summed E-state index contributed by atoms with van der Waals surface area (Å²) in [6.45, 7) is 0.977. The monoisotopic (exact) mass is 382 g/mol. The number of rotatable bonds is 7. The van der Waals surface area contributed by atoms with Gasteiger partial charge in [-0.05, 0) is 39.6 Å². The van der Waals surface area contributed by atoms with Crippen LogP contribution in [0.2, 0.25) is 0 Å². The second kappa shape index (κ2) is 9.08. The van der Waals surface area contributed by atoms with E-state index < -0.39 is 6.04 Å². The Labute approximate surface area is 169 Å². The van der Waals surface area contributed by atoms with Crippen molar-refractivity contribution in [2.75, 3.05) is 0 Å². The Hall–Kier alpha value is -3.57. The minimum Gasteiger partial charge on any atom is -0.350 e. The molecule has 0 saturated heterocycles. The predicted molar refractivity (Wildman–Crippen MR) is 114 cm³/mol. The molecule has 0 aliphatic heterocycles. The van der Waals surface area contributed by atoms with Crippen LogP contribution in [-0.4, -0.2) is 15.9 Å². The maximum Gasteiger partial charge on any atom is 0.242 e. The van der Waals surface area contributed by atoms with Crippen LogP contribution in [0.4, 0.5) is 0 Å². The largest absolute Gasteiger partial charge is 0.350 e. The summed E-state index contributed by atoms with van der Waals surface area (Å²) >= 11 is 0. The molecular weight excluding hydrogens is 360 g/mol. The quantitative estimate of drug-likeness (QED) is 0.511. The fraction of sp³-hybridized carbons (Fsp3) is 0.125. The van der Waals surface area contributed by atoms with Crippen LogP contribution in [0.3, 0.4) is 0 Å². The Bertz CT molecular complexity index is 1080. The van der Waals surface area contributed by atoms with Gasteiger partial charge in [-0.3, -0.25) is 20.1 Å². The molecule has 2 aromatic heterocycles. The molecule has 0 bridgehead atoms. The Morgan fingerprint density at radius 1 is 0.793 bits per heavy atom. The van der Waals surface area contributed by atoms with Crippen LogP contribution < -0.4 is 10.6 Å². The normalized spacial score (nSPS) is 11.9. The third-order valence-electron chi connectivity index (χ3n) is 4.82. The highest BCUT2D eigenvalue weighted by Gasteiger charge is 2.22. The summed E-state index contributed by atoms with van der Waals surface area (Å²) in [5.74, 6) is -0.0749. The molecule has 5 nitrogen and oxygen atoms in total. The highest BCUT2D eigenvalue weighted by molar-refractivity contribution is 5.92. The van der Waals surface area contributed by atoms with Gasteiger partial charge in [-0.15, -0.1) is 0 Å². The van der Waals surface area contributed by atoms with E-state index in [1.54, 1.807) is 24.8 Å². The number of hydrogen-bond donors (Lipinski definition) is 2. The van der Waals surface area contributed by atoms with E-state index in [0.717, 1.165) is 27.5 Å². The Morgan fingerprint density at radius 3 is 2.21 bits per heavy atom. The van der Waals surface area contributed by atoms with Crippen molar-refractivity contribution in [3.8, 4) is 0 Å². The van der Waals surface area contributed by atoms with Gasteiger partial charge in [-0.1, -0.05) is 54.6 Å². The first-order chi connectivity index (χ1) is 14.3. The topological polar surface area (TPSA) is 66.9 Å². The van der Waals surface area contributed by atoms with Crippen molar-refractivity contribution in [3.05, 3.63) is 108 Å². The number of amides is 1. The third kappa shape index (κ3) is 4.65. The van der Waals surface area contributed by atoms with Crippen LogP contribution in [0.25, 0.3) is 10.8 Å². The Kier molecular flexibility index (Phi) is 5.88. The molecule has 2 aromatic carbocycles. The van der Waals surface area contributed by atoms with Crippen molar-refractivity contribution in [2.45, 2.75) is 19.1 Å². The molecule has 0 aliphatic carbocycles. The average molecular weight is 382 g/mol. The Morgan fingerprint density at radius 2 is 1.48 bits per heavy atom. The SMILES string of the molecule is O=C(NCc1cccnc1)C(NCc1cccnc1)c1cccc2ccccc12. The zero-order chi connectivity index (χ0) is 19.9. The fourth-order valence-electron chi connectivity index (χ4n) is 3.36. The number of carbonyl (C=O) groups is 1. The number of fused-ring (bicyclic) bond motifs is 1. The highest BCUT2D eigenvalue weighted by atomic mass is 16.2. The van der Waals surface area contributed by atoms with Gasteiger partial charge in [0.15, 0.2) is 0 Å². The first-order valence-corrected chi connectivity index (χ1v) is 9.58. The maximum atomic E-state index is 13.2. The third-order valence-corrected chi connectivity index (χ3v) is 4.82. The molecule has 0 spiro atoms. The molecule has 1 amide bonds. The van der Waals surface area contributed by atoms with Gasteiger partial charge in [-0.25, -0.2) is 0 Å². The molecule has 1 unspecified atom stereocenters. The zero-order valence-corrected chi connectivity index (χ0v) is 16.0. The summed E-state index contributed by atoms with van der Waals surface area (Å²) in [6.07, 6.45) is 7.03. The zero-order valence-electron chi connectivity index (χ0n) is 16.0. The molecule has 0 radical (unpaired) electrons. The van der Waals surface area contributed by atoms with Gasteiger partial charge >= 0.3 is 0 Å². The molecule has 0 aliphatic rings. The van der Waals surface area contributed by atoms with Crippen LogP contribution in [-0.2, 0) is 17.9 Å². The molecule has 2 N–H and O–H groups in total. The van der Waals surface area contributed by atoms with Crippen LogP contribution in [0.5, 0.6) is 0 Å². The van der Waals surface area contributed by atoms with E-state index >= 15 is 0 Å². The van der Waals surface area contributed by atoms with E-state index in [-0.39, 0.29) is 5.91 Å². The van der Waals surface area contributed by atoms with Crippen LogP contribution in [0.1, 0.15) is 22.7 Å². The number of benzene rings is 2. The van der Waals surface area contributed by atoms with Crippen molar-refractivity contribution < 1.29 is 4.79 Å². The predicted octanol–water partition coefficient (Wildman–Crippen LogP) is 3.78. The second-order valence-electron chi connectivity index (χ2n) is 6.82. The van der Waals surface area contributed by atoms with Crippen molar-refractivity contribution in [1.82, 2.24) is 20.6 Å². The standard InChI is InChI=1S/C24H22N4O/c29-24(28-17-19-7-5-13-26-15-19)23(27-16-18-6-4-12-25-14-18)22-11-3-9-20-8-1-2-10-21(20)22/h1-15,23,27H,16-17H2,(H,28,29). The minimum atomic E-state index is -0.488. The smallest absolute Gasteiger partial charge is 0.242 e. The lowest BCUT2D eigenvalue weighted by atomic mass is 9.97. The number of nitrogens with zero attached hydrogens (tertiary/aromatic N) is 2. The molecule has 5 heteroatoms. The van der Waals surface area contributed by atoms with E-state index in [1.807, 2.05) is 48.5 Å². The second-order valence-corrected chi connectivity index (χ2v) is 6.82. The molecule has 144 valence electrons. The van der Waals surface area contributed by atoms with Crippen LogP contribution in [0.15, 0.2) is 91.5 Å². The summed E-state index contributed by atoms with van der Waals surface area (Å²) in [5.41, 5.74) is 2.94. The van der Waals surface area contributed by atoms with E-state index in [2.05, 4.69) is 38.8 Å². The van der Waals surface area contributed by atoms with Crippen LogP contribution in [0, 0.1) is 0 Å². The van der Waals surface area contributed by atoms with E-state index in [0.29, 0.717) is 13.1 Å². The highest BCUT2D eigenvalue weighted by Crippen LogP contribution is 2.25. The summed E-state index contributed by atoms with van der Waals surface area (Å²) in [7, 11) is 0. The van der Waals surface area contributed by atoms with Gasteiger partial charge in [0.1, 0.15) is 6.04 Å². The number of nitrogens with one attached hydrogen (secondary N) is 2. The van der Waals surface area contributed by atoms with Gasteiger partial charge in [0.25, 0.3) is 0 Å². The molecule has 4 aromatic rings. The molecule has 0 saturated carbocycles. The maximum absolute atomic E-state index is 13.2. The summed E-state index contributed by atoms with van der Waals surface area (Å²) in [5, 5.41) is 8.63. The first-order valence-electron chi connectivity index (χ1n) is 9.58. The van der Waals surface area contributed by atoms with Gasteiger partial charge in [0.05, 0.1) is 0 Å². The average Bonchev–Trinajstić information content (AvgIpc) is 2.79. The number of pyridine rings is 2. The van der Waals surface area contributed by atoms with E-state index in [9.17, 15) is 4.79 Å². The van der Waals surface area contributed by atoms with Crippen molar-refractivity contribution >= 4 is 16.7 Å². The van der Waals surface area contributed by atoms with E-state index in [4.69, 9.17) is 0 Å². The molecule has 0 fully saturated rings. The first kappa shape index (κ1) is 18.8. The summed E-state index contributed by atoms with van der Waals surface area (Å²) < 4.78 is 0. The molecular formula is C24H22N4O. The van der Waals surface area contributed by atoms with Gasteiger partial charge in [0.2, 0.25) is 5.91 Å². The van der Waals surface area contributed by atoms with Crippen molar-refractivity contribution in [1.29, 1.82) is 0 Å². The molecule has 1 atom stereocenters. The summed E-state index contributed by atoms with van der Waals surface area (Å²) in [4.78, 5) is 21.4. The number of carbonyl (C=O) groups excluding carboxylic acids is 1. The fourth-order valence-corrected chi connectivity index (χ4v) is 3.36. The van der Waals surface area contributed by atoms with Gasteiger partial charge in [-0.2, -0.15) is 0 Å². The van der Waals surface area contributed by atoms with Gasteiger partial charge in [0, 0.05) is 37.9 Å². The number of aromatic nitrogens is 2. The van der Waals surface area contributed by atoms with Crippen LogP contribution >= 0.6 is 0 Å². The lowest BCUT2D eigenvalue weighted by Gasteiger charge is -2.21. The number of hydrogen-bond acceptors (Lipinski definition) is 4. The molecule has 2 heterocycles. The molecule has 4 rings (SSSR count). The van der Waals surface area contributed by atoms with E-state index in [1.165, 1.54) is 0 Å². The lowest BCUT2D eigenvalue weighted by molar-refractivity contribution is -0.123. The Balaban J connectivity index is 1.60. The minimum absolute atomic E-state index is 0.0749. The van der Waals surface area contributed by atoms with Crippen molar-refractivity contribution in [2.24, 2.45) is 0 Å². The molecule has 29 heavy (non-hydrogen) atoms.